The third-order valence-electron chi connectivity index (χ3n) is 4.19. The highest BCUT2D eigenvalue weighted by Crippen LogP contribution is 2.33. The smallest absolute Gasteiger partial charge is 0.271 e. The van der Waals surface area contributed by atoms with Crippen molar-refractivity contribution < 1.29 is 16.8 Å². The molecule has 0 fully saturated rings. The predicted octanol–water partition coefficient (Wildman–Crippen LogP) is 3.35. The molecule has 1 N–H and O–H groups in total. The number of hydrogen-bond acceptors (Lipinski definition) is 5. The summed E-state index contributed by atoms with van der Waals surface area (Å²) in [5, 5.41) is 0. The van der Waals surface area contributed by atoms with Gasteiger partial charge in [0.15, 0.2) is 0 Å². The summed E-state index contributed by atoms with van der Waals surface area (Å²) in [7, 11) is -6.97. The van der Waals surface area contributed by atoms with Crippen molar-refractivity contribution >= 4 is 42.8 Å². The van der Waals surface area contributed by atoms with Crippen molar-refractivity contribution in [3.8, 4) is 0 Å². The van der Waals surface area contributed by atoms with Crippen LogP contribution in [0.15, 0.2) is 34.5 Å². The average molecular weight is 415 g/mol. The zero-order valence-electron chi connectivity index (χ0n) is 14.7. The van der Waals surface area contributed by atoms with Gasteiger partial charge in [-0.15, -0.1) is 11.3 Å². The summed E-state index contributed by atoms with van der Waals surface area (Å²) in [4.78, 5) is 0.924. The molecule has 0 saturated heterocycles. The fraction of sp³-hybridized carbons (Fsp3) is 0.412. The number of nitrogens with one attached hydrogen (secondary N) is 1. The molecule has 0 bridgehead atoms. The van der Waals surface area contributed by atoms with E-state index in [9.17, 15) is 16.8 Å². The molecule has 0 aliphatic carbocycles. The third-order valence-corrected chi connectivity index (χ3v) is 9.03. The van der Waals surface area contributed by atoms with Crippen molar-refractivity contribution in [2.45, 2.75) is 37.3 Å². The van der Waals surface area contributed by atoms with Crippen LogP contribution in [0.25, 0.3) is 0 Å². The number of anilines is 2. The monoisotopic (exact) mass is 414 g/mol. The van der Waals surface area contributed by atoms with Crippen molar-refractivity contribution in [2.24, 2.45) is 0 Å². The molecular formula is C17H22N2O4S3. The van der Waals surface area contributed by atoms with Crippen molar-refractivity contribution in [1.29, 1.82) is 0 Å². The van der Waals surface area contributed by atoms with Crippen LogP contribution in [0, 0.1) is 6.92 Å². The minimum atomic E-state index is -3.63. The Labute approximate surface area is 159 Å². The Kier molecular flexibility index (Phi) is 5.32. The molecule has 6 nitrogen and oxygen atoms in total. The summed E-state index contributed by atoms with van der Waals surface area (Å²) < 4.78 is 54.2. The second kappa shape index (κ2) is 7.21. The number of fused-ring (bicyclic) bond motifs is 1. The molecule has 3 rings (SSSR count). The van der Waals surface area contributed by atoms with E-state index < -0.39 is 20.0 Å². The molecule has 142 valence electrons. The van der Waals surface area contributed by atoms with Gasteiger partial charge in [0.1, 0.15) is 4.21 Å². The topological polar surface area (TPSA) is 83.6 Å². The average Bonchev–Trinajstić information content (AvgIpc) is 3.01. The van der Waals surface area contributed by atoms with Crippen LogP contribution in [-0.4, -0.2) is 29.1 Å². The van der Waals surface area contributed by atoms with Crippen LogP contribution in [-0.2, 0) is 26.5 Å². The Morgan fingerprint density at radius 2 is 1.92 bits per heavy atom. The van der Waals surface area contributed by atoms with Crippen LogP contribution < -0.4 is 9.03 Å². The molecule has 1 aromatic heterocycles. The van der Waals surface area contributed by atoms with E-state index in [-0.39, 0.29) is 9.96 Å². The van der Waals surface area contributed by atoms with E-state index in [4.69, 9.17) is 0 Å². The molecule has 9 heteroatoms. The van der Waals surface area contributed by atoms with Gasteiger partial charge in [-0.25, -0.2) is 16.8 Å². The van der Waals surface area contributed by atoms with E-state index in [1.807, 2.05) is 13.8 Å². The molecule has 0 unspecified atom stereocenters. The molecule has 26 heavy (non-hydrogen) atoms. The van der Waals surface area contributed by atoms with E-state index >= 15 is 0 Å². The SMILES string of the molecule is CCCS(=O)(=O)N1CCCc2cc(NS(=O)(=O)c3ccc(C)s3)ccc21. The molecule has 0 radical (unpaired) electrons. The predicted molar refractivity (Wildman–Crippen MR) is 106 cm³/mol. The Bertz CT molecular complexity index is 1010. The summed E-state index contributed by atoms with van der Waals surface area (Å²) in [5.41, 5.74) is 1.95. The molecule has 2 heterocycles. The lowest BCUT2D eigenvalue weighted by Crippen LogP contribution is -2.37. The van der Waals surface area contributed by atoms with Crippen molar-refractivity contribution in [2.75, 3.05) is 21.3 Å². The first kappa shape index (κ1) is 19.2. The van der Waals surface area contributed by atoms with Gasteiger partial charge >= 0.3 is 0 Å². The molecule has 2 aromatic rings. The van der Waals surface area contributed by atoms with Crippen molar-refractivity contribution in [3.05, 3.63) is 40.8 Å². The Balaban J connectivity index is 1.90. The fourth-order valence-corrected chi connectivity index (χ4v) is 7.00. The van der Waals surface area contributed by atoms with E-state index in [0.717, 1.165) is 23.3 Å². The lowest BCUT2D eigenvalue weighted by Gasteiger charge is -2.30. The Morgan fingerprint density at radius 3 is 2.58 bits per heavy atom. The first-order valence-corrected chi connectivity index (χ1v) is 12.4. The molecule has 1 aromatic carbocycles. The number of benzene rings is 1. The first-order valence-electron chi connectivity index (χ1n) is 8.45. The second-order valence-electron chi connectivity index (χ2n) is 6.31. The molecular weight excluding hydrogens is 392 g/mol. The molecule has 1 aliphatic heterocycles. The van der Waals surface area contributed by atoms with Gasteiger partial charge in [0.25, 0.3) is 10.0 Å². The van der Waals surface area contributed by atoms with E-state index in [1.165, 1.54) is 15.6 Å². The standard InChI is InChI=1S/C17H22N2O4S3/c1-3-11-25(20,21)19-10-4-5-14-12-15(7-8-16(14)19)18-26(22,23)17-9-6-13(2)24-17/h6-9,12,18H,3-5,10-11H2,1-2H3. The lowest BCUT2D eigenvalue weighted by molar-refractivity contribution is 0.585. The number of sulfonamides is 2. The van der Waals surface area contributed by atoms with Crippen LogP contribution in [0.4, 0.5) is 11.4 Å². The highest BCUT2D eigenvalue weighted by Gasteiger charge is 2.27. The van der Waals surface area contributed by atoms with Gasteiger partial charge in [0, 0.05) is 17.1 Å². The molecule has 1 aliphatic rings. The van der Waals surface area contributed by atoms with Gasteiger partial charge in [0.05, 0.1) is 11.4 Å². The zero-order valence-corrected chi connectivity index (χ0v) is 17.2. The maximum absolute atomic E-state index is 12.5. The summed E-state index contributed by atoms with van der Waals surface area (Å²) in [6.07, 6.45) is 2.00. The summed E-state index contributed by atoms with van der Waals surface area (Å²) >= 11 is 1.21. The summed E-state index contributed by atoms with van der Waals surface area (Å²) in [6.45, 7) is 4.16. The van der Waals surface area contributed by atoms with Gasteiger partial charge in [-0.05, 0) is 62.1 Å². The number of aryl methyl sites for hydroxylation is 2. The maximum atomic E-state index is 12.5. The van der Waals surface area contributed by atoms with E-state index in [0.29, 0.717) is 24.3 Å². The number of thiophene rings is 1. The van der Waals surface area contributed by atoms with Gasteiger partial charge in [-0.1, -0.05) is 6.92 Å². The van der Waals surface area contributed by atoms with Gasteiger partial charge in [0.2, 0.25) is 10.0 Å². The quantitative estimate of drug-likeness (QED) is 0.786. The van der Waals surface area contributed by atoms with Crippen molar-refractivity contribution in [1.82, 2.24) is 0 Å². The number of rotatable bonds is 6. The fourth-order valence-electron chi connectivity index (χ4n) is 3.05. The van der Waals surface area contributed by atoms with Crippen LogP contribution in [0.1, 0.15) is 30.2 Å². The van der Waals surface area contributed by atoms with E-state index in [1.54, 1.807) is 30.3 Å². The van der Waals surface area contributed by atoms with Gasteiger partial charge in [-0.3, -0.25) is 9.03 Å². The highest BCUT2D eigenvalue weighted by molar-refractivity contribution is 7.94. The largest absolute Gasteiger partial charge is 0.279 e. The maximum Gasteiger partial charge on any atom is 0.271 e. The Morgan fingerprint density at radius 1 is 1.15 bits per heavy atom. The molecule has 0 amide bonds. The van der Waals surface area contributed by atoms with Crippen LogP contribution in [0.3, 0.4) is 0 Å². The Hall–Kier alpha value is -1.58. The normalized spacial score (nSPS) is 14.9. The highest BCUT2D eigenvalue weighted by atomic mass is 32.2. The second-order valence-corrected chi connectivity index (χ2v) is 11.5. The number of hydrogen-bond donors (Lipinski definition) is 1. The molecule has 0 saturated carbocycles. The molecule has 0 atom stereocenters. The molecule has 0 spiro atoms. The lowest BCUT2D eigenvalue weighted by atomic mass is 10.0. The third kappa shape index (κ3) is 3.89. The van der Waals surface area contributed by atoms with Crippen LogP contribution in [0.2, 0.25) is 0 Å². The van der Waals surface area contributed by atoms with Gasteiger partial charge < -0.3 is 0 Å². The van der Waals surface area contributed by atoms with Gasteiger partial charge in [-0.2, -0.15) is 0 Å². The van der Waals surface area contributed by atoms with Crippen LogP contribution in [0.5, 0.6) is 0 Å². The zero-order chi connectivity index (χ0) is 18.9. The van der Waals surface area contributed by atoms with E-state index in [2.05, 4.69) is 4.72 Å². The first-order chi connectivity index (χ1) is 12.2. The minimum Gasteiger partial charge on any atom is -0.279 e. The summed E-state index contributed by atoms with van der Waals surface area (Å²) in [6, 6.07) is 8.40. The minimum absolute atomic E-state index is 0.110. The summed E-state index contributed by atoms with van der Waals surface area (Å²) in [5.74, 6) is 0.110. The van der Waals surface area contributed by atoms with Crippen molar-refractivity contribution in [3.63, 3.8) is 0 Å². The van der Waals surface area contributed by atoms with Crippen LogP contribution >= 0.6 is 11.3 Å². The number of nitrogens with zero attached hydrogens (tertiary/aromatic N) is 1.